The van der Waals surface area contributed by atoms with Crippen molar-refractivity contribution in [3.63, 3.8) is 0 Å². The van der Waals surface area contributed by atoms with Crippen LogP contribution in [0.3, 0.4) is 0 Å². The lowest BCUT2D eigenvalue weighted by Crippen LogP contribution is -2.44. The largest absolute Gasteiger partial charge is 0.726 e. The topological polar surface area (TPSA) is 102 Å². The van der Waals surface area contributed by atoms with Gasteiger partial charge in [-0.3, -0.25) is 8.98 Å². The van der Waals surface area contributed by atoms with Crippen LogP contribution in [0.1, 0.15) is 6.92 Å². The highest BCUT2D eigenvalue weighted by Crippen LogP contribution is 2.02. The Kier molecular flexibility index (Phi) is 10.7. The Labute approximate surface area is 120 Å². The number of carbonyl (C=O) groups excluding carboxylic acids is 1. The van der Waals surface area contributed by atoms with Crippen molar-refractivity contribution in [2.75, 3.05) is 48.1 Å². The molecule has 0 amide bonds. The van der Waals surface area contributed by atoms with E-state index >= 15 is 0 Å². The van der Waals surface area contributed by atoms with Crippen LogP contribution in [-0.2, 0) is 29.0 Å². The molecule has 0 fully saturated rings. The van der Waals surface area contributed by atoms with E-state index in [1.807, 2.05) is 14.1 Å². The summed E-state index contributed by atoms with van der Waals surface area (Å²) in [5.74, 6) is 0.0208. The number of ether oxygens (including phenoxy) is 1. The van der Waals surface area contributed by atoms with E-state index in [4.69, 9.17) is 9.57 Å². The van der Waals surface area contributed by atoms with Crippen molar-refractivity contribution in [2.45, 2.75) is 6.92 Å². The number of rotatable bonds is 8. The molecule has 20 heavy (non-hydrogen) atoms. The van der Waals surface area contributed by atoms with E-state index in [0.29, 0.717) is 25.3 Å². The zero-order valence-corrected chi connectivity index (χ0v) is 13.4. The van der Waals surface area contributed by atoms with Crippen LogP contribution in [0.15, 0.2) is 12.2 Å². The van der Waals surface area contributed by atoms with Gasteiger partial charge in [-0.15, -0.1) is 0 Å². The first-order chi connectivity index (χ1) is 8.95. The fourth-order valence-corrected chi connectivity index (χ4v) is 0.894. The Morgan fingerprint density at radius 1 is 1.25 bits per heavy atom. The number of quaternary nitrogens is 1. The van der Waals surface area contributed by atoms with Gasteiger partial charge in [-0.2, -0.15) is 4.65 Å². The van der Waals surface area contributed by atoms with Gasteiger partial charge in [-0.1, -0.05) is 6.58 Å². The molecule has 0 radical (unpaired) electrons. The van der Waals surface area contributed by atoms with Gasteiger partial charge in [0.1, 0.15) is 6.61 Å². The summed E-state index contributed by atoms with van der Waals surface area (Å²) in [6.45, 7) is 6.62. The van der Waals surface area contributed by atoms with E-state index < -0.39 is 10.4 Å². The van der Waals surface area contributed by atoms with E-state index in [0.717, 1.165) is 7.11 Å². The maximum Gasteiger partial charge on any atom is 0.217 e. The Morgan fingerprint density at radius 3 is 2.00 bits per heavy atom. The minimum Gasteiger partial charge on any atom is -0.726 e. The third-order valence-electron chi connectivity index (χ3n) is 1.93. The van der Waals surface area contributed by atoms with Crippen LogP contribution in [0.2, 0.25) is 0 Å². The first kappa shape index (κ1) is 21.5. The summed E-state index contributed by atoms with van der Waals surface area (Å²) in [6.07, 6.45) is 0. The smallest absolute Gasteiger partial charge is 0.217 e. The molecule has 0 aliphatic rings. The molecule has 0 rings (SSSR count). The van der Waals surface area contributed by atoms with Crippen molar-refractivity contribution in [2.24, 2.45) is 0 Å². The average molecular weight is 313 g/mol. The second-order valence-electron chi connectivity index (χ2n) is 4.34. The number of likely N-dealkylation sites (N-methyl/N-ethyl adjacent to an activating group) is 1. The standard InChI is InChI=1S/C10H20NO3.CH4O4S/c1-9(2)10(12)8-11(3,4)14-7-6-13-5;1-5-6(2,3)4/h1,6-8H2,2-5H3;1H3,(H,2,3,4)/q+1;/p-1. The van der Waals surface area contributed by atoms with Crippen LogP contribution in [0.25, 0.3) is 0 Å². The second-order valence-corrected chi connectivity index (χ2v) is 5.49. The van der Waals surface area contributed by atoms with Crippen molar-refractivity contribution >= 4 is 16.2 Å². The summed E-state index contributed by atoms with van der Waals surface area (Å²) in [5, 5.41) is 0. The van der Waals surface area contributed by atoms with Crippen molar-refractivity contribution < 1.29 is 36.2 Å². The maximum atomic E-state index is 11.4. The van der Waals surface area contributed by atoms with Crippen LogP contribution in [0.4, 0.5) is 0 Å². The van der Waals surface area contributed by atoms with Gasteiger partial charge >= 0.3 is 0 Å². The highest BCUT2D eigenvalue weighted by molar-refractivity contribution is 7.80. The average Bonchev–Trinajstić information content (AvgIpc) is 2.28. The molecule has 0 spiro atoms. The van der Waals surface area contributed by atoms with Crippen LogP contribution in [0.5, 0.6) is 0 Å². The van der Waals surface area contributed by atoms with Crippen LogP contribution < -0.4 is 0 Å². The lowest BCUT2D eigenvalue weighted by Gasteiger charge is -2.25. The Hall–Kier alpha value is -0.840. The van der Waals surface area contributed by atoms with Crippen LogP contribution in [0, 0.1) is 0 Å². The Balaban J connectivity index is 0. The highest BCUT2D eigenvalue weighted by atomic mass is 32.3. The molecule has 0 aromatic heterocycles. The monoisotopic (exact) mass is 313 g/mol. The van der Waals surface area contributed by atoms with Crippen molar-refractivity contribution in [3.05, 3.63) is 12.2 Å². The molecule has 0 saturated heterocycles. The molecule has 120 valence electrons. The normalized spacial score (nSPS) is 11.5. The molecule has 9 heteroatoms. The molecule has 0 aliphatic carbocycles. The Bertz CT molecular complexity index is 403. The van der Waals surface area contributed by atoms with Crippen LogP contribution in [-0.4, -0.2) is 71.5 Å². The fourth-order valence-electron chi connectivity index (χ4n) is 0.894. The van der Waals surface area contributed by atoms with Gasteiger partial charge in [0.25, 0.3) is 0 Å². The number of nitrogens with zero attached hydrogens (tertiary/aromatic N) is 1. The first-order valence-electron chi connectivity index (χ1n) is 5.61. The second kappa shape index (κ2) is 9.97. The molecule has 0 atom stereocenters. The molecule has 0 heterocycles. The van der Waals surface area contributed by atoms with E-state index in [1.54, 1.807) is 14.0 Å². The Morgan fingerprint density at radius 2 is 1.70 bits per heavy atom. The van der Waals surface area contributed by atoms with Crippen molar-refractivity contribution in [1.29, 1.82) is 0 Å². The van der Waals surface area contributed by atoms with E-state index in [9.17, 15) is 17.8 Å². The zero-order valence-electron chi connectivity index (χ0n) is 12.5. The first-order valence-corrected chi connectivity index (χ1v) is 6.95. The van der Waals surface area contributed by atoms with E-state index in [2.05, 4.69) is 10.8 Å². The molecule has 0 N–H and O–H groups in total. The quantitative estimate of drug-likeness (QED) is 0.154. The zero-order chi connectivity index (χ0) is 16.4. The molecular weight excluding hydrogens is 290 g/mol. The SMILES string of the molecule is C=C(C)C(=O)C[N+](C)(C)OCCOC.COS(=O)(=O)[O-]. The van der Waals surface area contributed by atoms with Gasteiger partial charge in [0, 0.05) is 7.11 Å². The minimum absolute atomic E-state index is 0.0208. The third kappa shape index (κ3) is 15.2. The van der Waals surface area contributed by atoms with Crippen LogP contribution >= 0.6 is 0 Å². The fraction of sp³-hybridized carbons (Fsp3) is 0.727. The molecule has 0 aliphatic heterocycles. The lowest BCUT2D eigenvalue weighted by atomic mass is 10.2. The van der Waals surface area contributed by atoms with Crippen molar-refractivity contribution in [1.82, 2.24) is 0 Å². The van der Waals surface area contributed by atoms with E-state index in [1.165, 1.54) is 0 Å². The lowest BCUT2D eigenvalue weighted by molar-refractivity contribution is -1.07. The van der Waals surface area contributed by atoms with Gasteiger partial charge in [0.15, 0.2) is 6.54 Å². The molecule has 0 bridgehead atoms. The molecule has 0 saturated carbocycles. The third-order valence-corrected chi connectivity index (χ3v) is 2.34. The summed E-state index contributed by atoms with van der Waals surface area (Å²) in [5.41, 5.74) is 0.562. The number of methoxy groups -OCH3 is 1. The minimum atomic E-state index is -4.41. The summed E-state index contributed by atoms with van der Waals surface area (Å²) in [7, 11) is 1.67. The summed E-state index contributed by atoms with van der Waals surface area (Å²) < 4.78 is 36.1. The number of ketones is 1. The number of carbonyl (C=O) groups is 1. The molecule has 0 aromatic rings. The maximum absolute atomic E-state index is 11.4. The van der Waals surface area contributed by atoms with Gasteiger partial charge in [-0.25, -0.2) is 13.3 Å². The number of hydroxylamine groups is 3. The molecule has 0 unspecified atom stereocenters. The van der Waals surface area contributed by atoms with Gasteiger partial charge in [0.2, 0.25) is 16.2 Å². The highest BCUT2D eigenvalue weighted by Gasteiger charge is 2.21. The predicted molar refractivity (Wildman–Crippen MR) is 71.3 cm³/mol. The summed E-state index contributed by atoms with van der Waals surface area (Å²) >= 11 is 0. The van der Waals surface area contributed by atoms with Gasteiger partial charge in [-0.05, 0) is 12.5 Å². The molecule has 0 aromatic carbocycles. The number of Topliss-reactive ketones (excluding diaryl/α,β-unsaturated/α-hetero) is 1. The predicted octanol–water partition coefficient (Wildman–Crippen LogP) is -0.121. The summed E-state index contributed by atoms with van der Waals surface area (Å²) in [6, 6.07) is 0. The van der Waals surface area contributed by atoms with Gasteiger partial charge in [0.05, 0.1) is 27.8 Å². The van der Waals surface area contributed by atoms with E-state index in [-0.39, 0.29) is 10.4 Å². The molecule has 8 nitrogen and oxygen atoms in total. The summed E-state index contributed by atoms with van der Waals surface area (Å²) in [4.78, 5) is 16.8. The number of hydrogen-bond donors (Lipinski definition) is 0. The van der Waals surface area contributed by atoms with Gasteiger partial charge < -0.3 is 9.29 Å². The number of hydrogen-bond acceptors (Lipinski definition) is 7. The molecular formula is C11H23NO7S. The van der Waals surface area contributed by atoms with Crippen molar-refractivity contribution in [3.8, 4) is 0 Å².